The van der Waals surface area contributed by atoms with Crippen molar-refractivity contribution in [1.29, 1.82) is 0 Å². The van der Waals surface area contributed by atoms with E-state index in [1.165, 1.54) is 11.3 Å². The second-order valence-electron chi connectivity index (χ2n) is 6.02. The first-order valence-electron chi connectivity index (χ1n) is 8.32. The number of benzene rings is 1. The summed E-state index contributed by atoms with van der Waals surface area (Å²) in [7, 11) is 0. The van der Waals surface area contributed by atoms with E-state index in [1.807, 2.05) is 6.07 Å². The molecule has 0 unspecified atom stereocenters. The molecule has 0 radical (unpaired) electrons. The molecule has 1 saturated heterocycles. The molecule has 0 N–H and O–H groups in total. The summed E-state index contributed by atoms with van der Waals surface area (Å²) in [5.74, 6) is 0. The van der Waals surface area contributed by atoms with Crippen LogP contribution in [0.1, 0.15) is 11.3 Å². The molecule has 3 rings (SSSR count). The van der Waals surface area contributed by atoms with Crippen LogP contribution in [0.15, 0.2) is 41.1 Å². The van der Waals surface area contributed by atoms with E-state index in [1.54, 1.807) is 6.26 Å². The predicted octanol–water partition coefficient (Wildman–Crippen LogP) is 2.36. The van der Waals surface area contributed by atoms with Gasteiger partial charge in [0.1, 0.15) is 6.26 Å². The number of nitrogens with zero attached hydrogens (tertiary/aromatic N) is 3. The van der Waals surface area contributed by atoms with Crippen molar-refractivity contribution in [3.05, 3.63) is 47.9 Å². The van der Waals surface area contributed by atoms with Crippen LogP contribution in [-0.2, 0) is 11.2 Å². The summed E-state index contributed by atoms with van der Waals surface area (Å²) in [6, 6.07) is 10.7. The minimum Gasteiger partial charge on any atom is -0.380 e. The van der Waals surface area contributed by atoms with Crippen molar-refractivity contribution in [2.45, 2.75) is 13.3 Å². The summed E-state index contributed by atoms with van der Waals surface area (Å²) >= 11 is 0. The summed E-state index contributed by atoms with van der Waals surface area (Å²) < 4.78 is 10.5. The van der Waals surface area contributed by atoms with Crippen LogP contribution in [0.4, 0.5) is 5.69 Å². The molecule has 0 saturated carbocycles. The van der Waals surface area contributed by atoms with Gasteiger partial charge in [0.25, 0.3) is 0 Å². The van der Waals surface area contributed by atoms with Crippen LogP contribution in [0.3, 0.4) is 0 Å². The third-order valence-electron chi connectivity index (χ3n) is 4.32. The number of aromatic nitrogens is 1. The van der Waals surface area contributed by atoms with Crippen LogP contribution in [0.5, 0.6) is 0 Å². The van der Waals surface area contributed by atoms with Gasteiger partial charge in [-0.2, -0.15) is 0 Å². The molecular formula is C18H25N3O2. The smallest absolute Gasteiger partial charge is 0.124 e. The summed E-state index contributed by atoms with van der Waals surface area (Å²) in [6.45, 7) is 8.98. The maximum absolute atomic E-state index is 5.70. The largest absolute Gasteiger partial charge is 0.380 e. The fourth-order valence-corrected chi connectivity index (χ4v) is 2.82. The van der Waals surface area contributed by atoms with Gasteiger partial charge in [0.15, 0.2) is 0 Å². The molecule has 1 aliphatic heterocycles. The highest BCUT2D eigenvalue weighted by molar-refractivity contribution is 5.47. The lowest BCUT2D eigenvalue weighted by Crippen LogP contribution is -2.47. The average molecular weight is 315 g/mol. The van der Waals surface area contributed by atoms with Crippen molar-refractivity contribution in [1.82, 2.24) is 10.1 Å². The van der Waals surface area contributed by atoms with Crippen LogP contribution in [-0.4, -0.2) is 56.0 Å². The molecular weight excluding hydrogens is 290 g/mol. The monoisotopic (exact) mass is 315 g/mol. The molecule has 1 aromatic carbocycles. The Labute approximate surface area is 137 Å². The van der Waals surface area contributed by atoms with E-state index >= 15 is 0 Å². The van der Waals surface area contributed by atoms with E-state index < -0.39 is 0 Å². The molecule has 0 atom stereocenters. The van der Waals surface area contributed by atoms with Crippen molar-refractivity contribution in [2.24, 2.45) is 0 Å². The Morgan fingerprint density at radius 3 is 2.52 bits per heavy atom. The first kappa shape index (κ1) is 16.0. The Morgan fingerprint density at radius 2 is 1.83 bits per heavy atom. The van der Waals surface area contributed by atoms with Crippen molar-refractivity contribution >= 4 is 5.69 Å². The second kappa shape index (κ2) is 8.13. The third-order valence-corrected chi connectivity index (χ3v) is 4.32. The molecule has 1 aliphatic rings. The lowest BCUT2D eigenvalue weighted by molar-refractivity contribution is 0.103. The summed E-state index contributed by atoms with van der Waals surface area (Å²) in [4.78, 5) is 4.93. The predicted molar refractivity (Wildman–Crippen MR) is 90.9 cm³/mol. The van der Waals surface area contributed by atoms with Gasteiger partial charge in [-0.25, -0.2) is 0 Å². The summed E-state index contributed by atoms with van der Waals surface area (Å²) in [5.41, 5.74) is 3.60. The first-order chi connectivity index (χ1) is 11.3. The molecule has 1 aromatic heterocycles. The normalized spacial score (nSPS) is 16.0. The van der Waals surface area contributed by atoms with Gasteiger partial charge in [0.05, 0.1) is 18.9 Å². The van der Waals surface area contributed by atoms with Gasteiger partial charge in [0, 0.05) is 50.9 Å². The topological polar surface area (TPSA) is 41.7 Å². The van der Waals surface area contributed by atoms with Crippen molar-refractivity contribution in [2.75, 3.05) is 50.8 Å². The SMILES string of the molecule is Cc1ccc(N2CCN(CCOCCc3ccon3)CC2)cc1. The van der Waals surface area contributed by atoms with Gasteiger partial charge >= 0.3 is 0 Å². The maximum atomic E-state index is 5.70. The Kier molecular flexibility index (Phi) is 5.66. The van der Waals surface area contributed by atoms with Gasteiger partial charge in [-0.3, -0.25) is 4.90 Å². The molecule has 2 aromatic rings. The Bertz CT molecular complexity index is 560. The molecule has 5 heteroatoms. The molecule has 23 heavy (non-hydrogen) atoms. The van der Waals surface area contributed by atoms with Crippen molar-refractivity contribution in [3.8, 4) is 0 Å². The molecule has 0 amide bonds. The summed E-state index contributed by atoms with van der Waals surface area (Å²) in [6.07, 6.45) is 2.42. The zero-order chi connectivity index (χ0) is 15.9. The number of anilines is 1. The van der Waals surface area contributed by atoms with Crippen LogP contribution < -0.4 is 4.90 Å². The molecule has 0 aliphatic carbocycles. The van der Waals surface area contributed by atoms with Crippen molar-refractivity contribution in [3.63, 3.8) is 0 Å². The van der Waals surface area contributed by atoms with Gasteiger partial charge in [-0.15, -0.1) is 0 Å². The average Bonchev–Trinajstić information content (AvgIpc) is 3.09. The zero-order valence-electron chi connectivity index (χ0n) is 13.8. The number of rotatable bonds is 7. The van der Waals surface area contributed by atoms with E-state index in [0.29, 0.717) is 6.61 Å². The van der Waals surface area contributed by atoms with Crippen LogP contribution in [0, 0.1) is 6.92 Å². The minimum atomic E-state index is 0.704. The number of hydrogen-bond acceptors (Lipinski definition) is 5. The third kappa shape index (κ3) is 4.81. The quantitative estimate of drug-likeness (QED) is 0.734. The Morgan fingerprint density at radius 1 is 1.04 bits per heavy atom. The maximum Gasteiger partial charge on any atom is 0.124 e. The standard InChI is InChI=1S/C18H25N3O2/c1-16-2-4-18(5-3-16)21-10-8-20(9-11-21)12-15-22-13-6-17-7-14-23-19-17/h2-5,7,14H,6,8-13,15H2,1H3. The molecule has 5 nitrogen and oxygen atoms in total. The van der Waals surface area contributed by atoms with E-state index in [9.17, 15) is 0 Å². The van der Waals surface area contributed by atoms with Crippen LogP contribution in [0.2, 0.25) is 0 Å². The number of hydrogen-bond donors (Lipinski definition) is 0. The molecule has 124 valence electrons. The fraction of sp³-hybridized carbons (Fsp3) is 0.500. The zero-order valence-corrected chi connectivity index (χ0v) is 13.8. The van der Waals surface area contributed by atoms with E-state index in [0.717, 1.165) is 51.4 Å². The highest BCUT2D eigenvalue weighted by atomic mass is 16.5. The van der Waals surface area contributed by atoms with E-state index in [2.05, 4.69) is 46.1 Å². The number of piperazine rings is 1. The number of aryl methyl sites for hydroxylation is 1. The molecule has 2 heterocycles. The highest BCUT2D eigenvalue weighted by Gasteiger charge is 2.16. The molecule has 0 bridgehead atoms. The lowest BCUT2D eigenvalue weighted by atomic mass is 10.2. The Hall–Kier alpha value is -1.85. The first-order valence-corrected chi connectivity index (χ1v) is 8.32. The van der Waals surface area contributed by atoms with Crippen LogP contribution >= 0.6 is 0 Å². The van der Waals surface area contributed by atoms with E-state index in [-0.39, 0.29) is 0 Å². The van der Waals surface area contributed by atoms with Gasteiger partial charge < -0.3 is 14.2 Å². The highest BCUT2D eigenvalue weighted by Crippen LogP contribution is 2.16. The molecule has 0 spiro atoms. The lowest BCUT2D eigenvalue weighted by Gasteiger charge is -2.36. The van der Waals surface area contributed by atoms with Gasteiger partial charge in [0.2, 0.25) is 0 Å². The van der Waals surface area contributed by atoms with Gasteiger partial charge in [-0.05, 0) is 19.1 Å². The Balaban J connectivity index is 1.31. The van der Waals surface area contributed by atoms with Crippen LogP contribution in [0.25, 0.3) is 0 Å². The fourth-order valence-electron chi connectivity index (χ4n) is 2.82. The van der Waals surface area contributed by atoms with Crippen molar-refractivity contribution < 1.29 is 9.26 Å². The van der Waals surface area contributed by atoms with E-state index in [4.69, 9.17) is 9.26 Å². The second-order valence-corrected chi connectivity index (χ2v) is 6.02. The minimum absolute atomic E-state index is 0.704. The summed E-state index contributed by atoms with van der Waals surface area (Å²) in [5, 5.41) is 3.88. The number of ether oxygens (including phenoxy) is 1. The van der Waals surface area contributed by atoms with Gasteiger partial charge in [-0.1, -0.05) is 22.9 Å². The molecule has 1 fully saturated rings.